The maximum absolute atomic E-state index is 11.3. The van der Waals surface area contributed by atoms with Crippen molar-refractivity contribution in [3.05, 3.63) is 12.4 Å². The standard InChI is InChI=1S/C7H10N4O2/c8-6-3-9-11(4-6)10-1-2-13-5-7(10)12/h3-4H,1-2,5,8H2. The lowest BCUT2D eigenvalue weighted by Gasteiger charge is -2.25. The fourth-order valence-corrected chi connectivity index (χ4v) is 1.18. The van der Waals surface area contributed by atoms with E-state index in [1.54, 1.807) is 6.20 Å². The second kappa shape index (κ2) is 3.06. The summed E-state index contributed by atoms with van der Waals surface area (Å²) in [4.78, 5) is 12.7. The van der Waals surface area contributed by atoms with E-state index in [0.29, 0.717) is 18.8 Å². The first kappa shape index (κ1) is 8.06. The zero-order chi connectivity index (χ0) is 9.26. The number of carbonyl (C=O) groups excluding carboxylic acids is 1. The summed E-state index contributed by atoms with van der Waals surface area (Å²) < 4.78 is 4.98. The normalized spacial score (nSPS) is 17.8. The minimum atomic E-state index is -0.102. The van der Waals surface area contributed by atoms with Crippen LogP contribution in [0.15, 0.2) is 12.4 Å². The van der Waals surface area contributed by atoms with Crippen molar-refractivity contribution in [2.45, 2.75) is 0 Å². The van der Waals surface area contributed by atoms with Crippen LogP contribution in [0.5, 0.6) is 0 Å². The van der Waals surface area contributed by atoms with Crippen molar-refractivity contribution < 1.29 is 9.53 Å². The van der Waals surface area contributed by atoms with Gasteiger partial charge in [-0.2, -0.15) is 9.89 Å². The lowest BCUT2D eigenvalue weighted by atomic mass is 10.5. The van der Waals surface area contributed by atoms with E-state index in [0.717, 1.165) is 0 Å². The van der Waals surface area contributed by atoms with Crippen LogP contribution in [0.25, 0.3) is 0 Å². The molecule has 13 heavy (non-hydrogen) atoms. The molecule has 0 saturated carbocycles. The lowest BCUT2D eigenvalue weighted by Crippen LogP contribution is -2.48. The van der Waals surface area contributed by atoms with Crippen LogP contribution in [0, 0.1) is 0 Å². The van der Waals surface area contributed by atoms with Gasteiger partial charge in [-0.1, -0.05) is 0 Å². The minimum Gasteiger partial charge on any atom is -0.396 e. The molecule has 70 valence electrons. The monoisotopic (exact) mass is 182 g/mol. The van der Waals surface area contributed by atoms with E-state index in [-0.39, 0.29) is 12.5 Å². The van der Waals surface area contributed by atoms with Crippen LogP contribution in [0.1, 0.15) is 0 Å². The summed E-state index contributed by atoms with van der Waals surface area (Å²) >= 11 is 0. The highest BCUT2D eigenvalue weighted by molar-refractivity contribution is 5.87. The number of anilines is 1. The molecule has 1 aliphatic heterocycles. The zero-order valence-electron chi connectivity index (χ0n) is 7.01. The second-order valence-corrected chi connectivity index (χ2v) is 2.76. The Labute approximate surface area is 74.8 Å². The Kier molecular flexibility index (Phi) is 1.90. The predicted octanol–water partition coefficient (Wildman–Crippen LogP) is -1.04. The van der Waals surface area contributed by atoms with Gasteiger partial charge in [-0.25, -0.2) is 5.01 Å². The number of nitrogens with two attached hydrogens (primary N) is 1. The number of ether oxygens (including phenoxy) is 1. The number of aromatic nitrogens is 2. The van der Waals surface area contributed by atoms with Crippen LogP contribution in [-0.2, 0) is 9.53 Å². The molecule has 2 N–H and O–H groups in total. The van der Waals surface area contributed by atoms with Crippen molar-refractivity contribution in [2.75, 3.05) is 30.5 Å². The first-order valence-electron chi connectivity index (χ1n) is 3.96. The highest BCUT2D eigenvalue weighted by atomic mass is 16.5. The smallest absolute Gasteiger partial charge is 0.268 e. The molecule has 6 nitrogen and oxygen atoms in total. The number of hydrogen-bond donors (Lipinski definition) is 1. The van der Waals surface area contributed by atoms with E-state index >= 15 is 0 Å². The van der Waals surface area contributed by atoms with Gasteiger partial charge in [0.1, 0.15) is 6.61 Å². The van der Waals surface area contributed by atoms with Gasteiger partial charge in [-0.15, -0.1) is 0 Å². The Morgan fingerprint density at radius 1 is 1.62 bits per heavy atom. The first-order chi connectivity index (χ1) is 6.27. The molecule has 0 aromatic carbocycles. The van der Waals surface area contributed by atoms with E-state index in [4.69, 9.17) is 10.5 Å². The molecule has 0 aliphatic carbocycles. The van der Waals surface area contributed by atoms with E-state index in [9.17, 15) is 4.79 Å². The fraction of sp³-hybridized carbons (Fsp3) is 0.429. The van der Waals surface area contributed by atoms with E-state index in [1.807, 2.05) is 0 Å². The number of nitrogen functional groups attached to an aromatic ring is 1. The average molecular weight is 182 g/mol. The third-order valence-electron chi connectivity index (χ3n) is 1.80. The highest BCUT2D eigenvalue weighted by Gasteiger charge is 2.20. The highest BCUT2D eigenvalue weighted by Crippen LogP contribution is 2.02. The maximum Gasteiger partial charge on any atom is 0.268 e. The van der Waals surface area contributed by atoms with Crippen LogP contribution in [0.4, 0.5) is 5.69 Å². The molecule has 0 spiro atoms. The minimum absolute atomic E-state index is 0.102. The Morgan fingerprint density at radius 2 is 2.46 bits per heavy atom. The quantitative estimate of drug-likeness (QED) is 0.602. The molecule has 6 heteroatoms. The molecule has 1 aliphatic rings. The summed E-state index contributed by atoms with van der Waals surface area (Å²) in [7, 11) is 0. The van der Waals surface area contributed by atoms with Crippen molar-refractivity contribution in [1.82, 2.24) is 9.89 Å². The van der Waals surface area contributed by atoms with Crippen LogP contribution in [0.3, 0.4) is 0 Å². The number of carbonyl (C=O) groups is 1. The summed E-state index contributed by atoms with van der Waals surface area (Å²) in [6.07, 6.45) is 3.10. The van der Waals surface area contributed by atoms with Gasteiger partial charge < -0.3 is 10.5 Å². The molecule has 2 heterocycles. The average Bonchev–Trinajstić information content (AvgIpc) is 2.53. The van der Waals surface area contributed by atoms with E-state index < -0.39 is 0 Å². The van der Waals surface area contributed by atoms with Crippen LogP contribution < -0.4 is 10.7 Å². The molecule has 1 fully saturated rings. The van der Waals surface area contributed by atoms with Crippen molar-refractivity contribution in [3.8, 4) is 0 Å². The third-order valence-corrected chi connectivity index (χ3v) is 1.80. The summed E-state index contributed by atoms with van der Waals surface area (Å²) in [6.45, 7) is 1.16. The summed E-state index contributed by atoms with van der Waals surface area (Å²) in [5.74, 6) is -0.102. The van der Waals surface area contributed by atoms with Crippen molar-refractivity contribution >= 4 is 11.6 Å². The first-order valence-corrected chi connectivity index (χ1v) is 3.96. The summed E-state index contributed by atoms with van der Waals surface area (Å²) in [6, 6.07) is 0. The maximum atomic E-state index is 11.3. The Morgan fingerprint density at radius 3 is 3.08 bits per heavy atom. The Balaban J connectivity index is 2.19. The molecule has 2 rings (SSSR count). The number of morpholine rings is 1. The SMILES string of the molecule is Nc1cnn(N2CCOCC2=O)c1. The molecule has 1 amide bonds. The van der Waals surface area contributed by atoms with Crippen molar-refractivity contribution in [3.63, 3.8) is 0 Å². The third kappa shape index (κ3) is 1.48. The molecule has 0 atom stereocenters. The Bertz CT molecular complexity index is 322. The van der Waals surface area contributed by atoms with Gasteiger partial charge in [-0.05, 0) is 0 Å². The molecule has 0 bridgehead atoms. The largest absolute Gasteiger partial charge is 0.396 e. The van der Waals surface area contributed by atoms with Crippen molar-refractivity contribution in [2.24, 2.45) is 0 Å². The van der Waals surface area contributed by atoms with Gasteiger partial charge in [0.15, 0.2) is 0 Å². The number of nitrogens with zero attached hydrogens (tertiary/aromatic N) is 3. The summed E-state index contributed by atoms with van der Waals surface area (Å²) in [5.41, 5.74) is 6.02. The number of hydrogen-bond acceptors (Lipinski definition) is 4. The summed E-state index contributed by atoms with van der Waals surface area (Å²) in [5, 5.41) is 5.43. The van der Waals surface area contributed by atoms with Gasteiger partial charge in [0.05, 0.1) is 31.2 Å². The van der Waals surface area contributed by atoms with E-state index in [1.165, 1.54) is 16.0 Å². The molecule has 1 aromatic heterocycles. The van der Waals surface area contributed by atoms with E-state index in [2.05, 4.69) is 5.10 Å². The van der Waals surface area contributed by atoms with Crippen molar-refractivity contribution in [1.29, 1.82) is 0 Å². The van der Waals surface area contributed by atoms with Crippen LogP contribution >= 0.6 is 0 Å². The molecule has 0 radical (unpaired) electrons. The Hall–Kier alpha value is -1.56. The van der Waals surface area contributed by atoms with Crippen LogP contribution in [-0.4, -0.2) is 35.6 Å². The van der Waals surface area contributed by atoms with Gasteiger partial charge in [-0.3, -0.25) is 4.79 Å². The van der Waals surface area contributed by atoms with Gasteiger partial charge in [0.2, 0.25) is 0 Å². The molecule has 1 aromatic rings. The van der Waals surface area contributed by atoms with Gasteiger partial charge in [0, 0.05) is 0 Å². The fourth-order valence-electron chi connectivity index (χ4n) is 1.18. The molecule has 1 saturated heterocycles. The molecular formula is C7H10N4O2. The van der Waals surface area contributed by atoms with Crippen LogP contribution in [0.2, 0.25) is 0 Å². The molecule has 0 unspecified atom stereocenters. The number of amides is 1. The molecular weight excluding hydrogens is 172 g/mol. The lowest BCUT2D eigenvalue weighted by molar-refractivity contribution is -0.128. The van der Waals surface area contributed by atoms with Gasteiger partial charge in [0.25, 0.3) is 5.91 Å². The zero-order valence-corrected chi connectivity index (χ0v) is 7.01. The number of rotatable bonds is 1. The van der Waals surface area contributed by atoms with Gasteiger partial charge >= 0.3 is 0 Å². The predicted molar refractivity (Wildman–Crippen MR) is 45.5 cm³/mol. The second-order valence-electron chi connectivity index (χ2n) is 2.76. The topological polar surface area (TPSA) is 73.4 Å².